The lowest BCUT2D eigenvalue weighted by molar-refractivity contribution is 0.290. The molecule has 0 aromatic heterocycles. The van der Waals surface area contributed by atoms with Crippen LogP contribution in [0.1, 0.15) is 32.6 Å². The van der Waals surface area contributed by atoms with Gasteiger partial charge in [0.05, 0.1) is 0 Å². The third-order valence-electron chi connectivity index (χ3n) is 4.12. The first-order chi connectivity index (χ1) is 9.28. The smallest absolute Gasteiger partial charge is 0.0341 e. The highest BCUT2D eigenvalue weighted by atomic mass is 79.9. The SMILES string of the molecule is CCC1CCCN(CCNc2ccc(Br)cc2)CC1. The van der Waals surface area contributed by atoms with E-state index in [-0.39, 0.29) is 0 Å². The van der Waals surface area contributed by atoms with E-state index in [1.807, 2.05) is 0 Å². The van der Waals surface area contributed by atoms with E-state index in [0.29, 0.717) is 0 Å². The van der Waals surface area contributed by atoms with Gasteiger partial charge in [0.15, 0.2) is 0 Å². The molecule has 1 heterocycles. The van der Waals surface area contributed by atoms with Crippen molar-refractivity contribution in [3.8, 4) is 0 Å². The molecule has 19 heavy (non-hydrogen) atoms. The molecule has 1 N–H and O–H groups in total. The van der Waals surface area contributed by atoms with Crippen molar-refractivity contribution in [1.82, 2.24) is 4.90 Å². The average molecular weight is 325 g/mol. The molecule has 1 aromatic carbocycles. The number of hydrogen-bond acceptors (Lipinski definition) is 2. The molecule has 0 aliphatic carbocycles. The summed E-state index contributed by atoms with van der Waals surface area (Å²) in [7, 11) is 0. The molecule has 1 atom stereocenters. The van der Waals surface area contributed by atoms with Crippen LogP contribution < -0.4 is 5.32 Å². The second-order valence-electron chi connectivity index (χ2n) is 5.48. The number of hydrogen-bond donors (Lipinski definition) is 1. The summed E-state index contributed by atoms with van der Waals surface area (Å²) in [5.41, 5.74) is 1.21. The van der Waals surface area contributed by atoms with Crippen LogP contribution in [-0.2, 0) is 0 Å². The second-order valence-corrected chi connectivity index (χ2v) is 6.40. The van der Waals surface area contributed by atoms with Crippen LogP contribution in [0.2, 0.25) is 0 Å². The Morgan fingerprint density at radius 2 is 2.00 bits per heavy atom. The average Bonchev–Trinajstić information content (AvgIpc) is 2.66. The molecular weight excluding hydrogens is 300 g/mol. The molecule has 1 saturated heterocycles. The van der Waals surface area contributed by atoms with Gasteiger partial charge in [-0.2, -0.15) is 0 Å². The summed E-state index contributed by atoms with van der Waals surface area (Å²) in [5.74, 6) is 0.962. The van der Waals surface area contributed by atoms with Crippen LogP contribution in [0.15, 0.2) is 28.7 Å². The fraction of sp³-hybridized carbons (Fsp3) is 0.625. The molecule has 0 spiro atoms. The summed E-state index contributed by atoms with van der Waals surface area (Å²) >= 11 is 3.46. The van der Waals surface area contributed by atoms with Crippen molar-refractivity contribution in [3.05, 3.63) is 28.7 Å². The van der Waals surface area contributed by atoms with Crippen LogP contribution in [0.3, 0.4) is 0 Å². The highest BCUT2D eigenvalue weighted by molar-refractivity contribution is 9.10. The van der Waals surface area contributed by atoms with E-state index in [4.69, 9.17) is 0 Å². The molecular formula is C16H25BrN2. The molecule has 1 unspecified atom stereocenters. The normalized spacial score (nSPS) is 21.1. The lowest BCUT2D eigenvalue weighted by atomic mass is 9.98. The molecule has 2 nitrogen and oxygen atoms in total. The summed E-state index contributed by atoms with van der Waals surface area (Å²) in [5, 5.41) is 3.50. The fourth-order valence-corrected chi connectivity index (χ4v) is 3.05. The molecule has 0 amide bonds. The van der Waals surface area contributed by atoms with Crippen LogP contribution in [0.5, 0.6) is 0 Å². The number of rotatable bonds is 5. The topological polar surface area (TPSA) is 15.3 Å². The van der Waals surface area contributed by atoms with Crippen molar-refractivity contribution in [1.29, 1.82) is 0 Å². The third-order valence-corrected chi connectivity index (χ3v) is 4.65. The Morgan fingerprint density at radius 3 is 2.74 bits per heavy atom. The Bertz CT molecular complexity index is 364. The number of nitrogens with zero attached hydrogens (tertiary/aromatic N) is 1. The van der Waals surface area contributed by atoms with Crippen molar-refractivity contribution in [2.24, 2.45) is 5.92 Å². The van der Waals surface area contributed by atoms with Gasteiger partial charge in [0.25, 0.3) is 0 Å². The summed E-state index contributed by atoms with van der Waals surface area (Å²) in [4.78, 5) is 2.61. The van der Waals surface area contributed by atoms with E-state index in [9.17, 15) is 0 Å². The number of anilines is 1. The zero-order valence-electron chi connectivity index (χ0n) is 11.9. The van der Waals surface area contributed by atoms with Crippen molar-refractivity contribution in [2.75, 3.05) is 31.5 Å². The number of halogens is 1. The summed E-state index contributed by atoms with van der Waals surface area (Å²) < 4.78 is 1.14. The zero-order valence-corrected chi connectivity index (χ0v) is 13.5. The van der Waals surface area contributed by atoms with E-state index in [1.54, 1.807) is 0 Å². The maximum atomic E-state index is 3.50. The molecule has 1 aliphatic heterocycles. The molecule has 0 radical (unpaired) electrons. The Balaban J connectivity index is 1.69. The quantitative estimate of drug-likeness (QED) is 0.865. The van der Waals surface area contributed by atoms with Gasteiger partial charge >= 0.3 is 0 Å². The van der Waals surface area contributed by atoms with Gasteiger partial charge in [0.1, 0.15) is 0 Å². The van der Waals surface area contributed by atoms with Crippen LogP contribution in [0.25, 0.3) is 0 Å². The Kier molecular flexibility index (Phi) is 6.18. The first-order valence-electron chi connectivity index (χ1n) is 7.49. The van der Waals surface area contributed by atoms with Crippen molar-refractivity contribution in [3.63, 3.8) is 0 Å². The van der Waals surface area contributed by atoms with E-state index < -0.39 is 0 Å². The molecule has 0 saturated carbocycles. The van der Waals surface area contributed by atoms with Crippen LogP contribution in [0, 0.1) is 5.92 Å². The molecule has 3 heteroatoms. The van der Waals surface area contributed by atoms with Gasteiger partial charge in [-0.1, -0.05) is 29.3 Å². The minimum Gasteiger partial charge on any atom is -0.384 e. The van der Waals surface area contributed by atoms with Gasteiger partial charge in [-0.15, -0.1) is 0 Å². The Morgan fingerprint density at radius 1 is 1.21 bits per heavy atom. The van der Waals surface area contributed by atoms with Gasteiger partial charge < -0.3 is 10.2 Å². The first kappa shape index (κ1) is 14.9. The first-order valence-corrected chi connectivity index (χ1v) is 8.29. The van der Waals surface area contributed by atoms with Crippen molar-refractivity contribution >= 4 is 21.6 Å². The predicted octanol–water partition coefficient (Wildman–Crippen LogP) is 4.37. The highest BCUT2D eigenvalue weighted by Crippen LogP contribution is 2.20. The third kappa shape index (κ3) is 5.15. The molecule has 1 aromatic rings. The Labute approximate surface area is 125 Å². The Hall–Kier alpha value is -0.540. The molecule has 0 bridgehead atoms. The lowest BCUT2D eigenvalue weighted by Crippen LogP contribution is -2.30. The lowest BCUT2D eigenvalue weighted by Gasteiger charge is -2.20. The van der Waals surface area contributed by atoms with Gasteiger partial charge in [-0.25, -0.2) is 0 Å². The molecule has 2 rings (SSSR count). The second kappa shape index (κ2) is 7.91. The maximum absolute atomic E-state index is 3.50. The van der Waals surface area contributed by atoms with E-state index in [1.165, 1.54) is 44.5 Å². The summed E-state index contributed by atoms with van der Waals surface area (Å²) in [6, 6.07) is 8.42. The van der Waals surface area contributed by atoms with Crippen molar-refractivity contribution < 1.29 is 0 Å². The van der Waals surface area contributed by atoms with Crippen LogP contribution >= 0.6 is 15.9 Å². The largest absolute Gasteiger partial charge is 0.384 e. The monoisotopic (exact) mass is 324 g/mol. The zero-order chi connectivity index (χ0) is 13.5. The summed E-state index contributed by atoms with van der Waals surface area (Å²) in [6.07, 6.45) is 5.53. The number of benzene rings is 1. The highest BCUT2D eigenvalue weighted by Gasteiger charge is 2.14. The molecule has 106 valence electrons. The number of likely N-dealkylation sites (tertiary alicyclic amines) is 1. The summed E-state index contributed by atoms with van der Waals surface area (Å²) in [6.45, 7) is 7.08. The minimum absolute atomic E-state index is 0.962. The molecule has 1 fully saturated rings. The number of nitrogens with one attached hydrogen (secondary N) is 1. The van der Waals surface area contributed by atoms with Crippen LogP contribution in [-0.4, -0.2) is 31.1 Å². The van der Waals surface area contributed by atoms with Gasteiger partial charge in [0, 0.05) is 23.2 Å². The minimum atomic E-state index is 0.962. The fourth-order valence-electron chi connectivity index (χ4n) is 2.78. The maximum Gasteiger partial charge on any atom is 0.0341 e. The van der Waals surface area contributed by atoms with E-state index >= 15 is 0 Å². The van der Waals surface area contributed by atoms with Gasteiger partial charge in [0.2, 0.25) is 0 Å². The van der Waals surface area contributed by atoms with E-state index in [0.717, 1.165) is 23.5 Å². The standard InChI is InChI=1S/C16H25BrN2/c1-2-14-4-3-11-19(12-9-14)13-10-18-16-7-5-15(17)6-8-16/h5-8,14,18H,2-4,9-13H2,1H3. The van der Waals surface area contributed by atoms with E-state index in [2.05, 4.69) is 57.3 Å². The van der Waals surface area contributed by atoms with Crippen molar-refractivity contribution in [2.45, 2.75) is 32.6 Å². The van der Waals surface area contributed by atoms with Crippen LogP contribution in [0.4, 0.5) is 5.69 Å². The molecule has 1 aliphatic rings. The predicted molar refractivity (Wildman–Crippen MR) is 86.7 cm³/mol. The van der Waals surface area contributed by atoms with Gasteiger partial charge in [-0.05, 0) is 62.5 Å². The van der Waals surface area contributed by atoms with Gasteiger partial charge in [-0.3, -0.25) is 0 Å².